The maximum Gasteiger partial charge on any atom is 0.312 e. The van der Waals surface area contributed by atoms with Crippen molar-refractivity contribution in [1.82, 2.24) is 9.38 Å². The Morgan fingerprint density at radius 1 is 1.17 bits per heavy atom. The van der Waals surface area contributed by atoms with Crippen LogP contribution < -0.4 is 0 Å². The summed E-state index contributed by atoms with van der Waals surface area (Å²) in [4.78, 5) is 26.5. The van der Waals surface area contributed by atoms with E-state index >= 15 is 0 Å². The van der Waals surface area contributed by atoms with Gasteiger partial charge in [-0.2, -0.15) is 0 Å². The number of carbonyl (C=O) groups excluding carboxylic acids is 2. The van der Waals surface area contributed by atoms with Crippen molar-refractivity contribution in [2.75, 3.05) is 7.05 Å². The summed E-state index contributed by atoms with van der Waals surface area (Å²) in [6, 6.07) is -0.0478. The van der Waals surface area contributed by atoms with Crippen LogP contribution in [0.3, 0.4) is 0 Å². The summed E-state index contributed by atoms with van der Waals surface area (Å²) < 4.78 is 2.45. The minimum absolute atomic E-state index is 0.0430. The van der Waals surface area contributed by atoms with E-state index in [0.29, 0.717) is 0 Å². The quantitative estimate of drug-likeness (QED) is 0.320. The average molecular weight is 328 g/mol. The zero-order chi connectivity index (χ0) is 17.3. The second kappa shape index (κ2) is 4.84. The summed E-state index contributed by atoms with van der Waals surface area (Å²) >= 11 is 0. The van der Waals surface area contributed by atoms with Crippen molar-refractivity contribution >= 4 is 26.9 Å². The molecule has 0 saturated carbocycles. The Kier molecular flexibility index (Phi) is 3.48. The van der Waals surface area contributed by atoms with Gasteiger partial charge in [0.2, 0.25) is 11.8 Å². The number of carbonyl (C=O) groups is 2. The highest BCUT2D eigenvalue weighted by atomic mass is 28.3. The summed E-state index contributed by atoms with van der Waals surface area (Å²) in [5.41, 5.74) is 0. The lowest BCUT2D eigenvalue weighted by molar-refractivity contribution is -0.138. The zero-order valence-electron chi connectivity index (χ0n) is 14.8. The van der Waals surface area contributed by atoms with Gasteiger partial charge < -0.3 is 4.48 Å². The summed E-state index contributed by atoms with van der Waals surface area (Å²) in [6.07, 6.45) is 10.1. The second-order valence-electron chi connectivity index (χ2n) is 8.57. The van der Waals surface area contributed by atoms with Crippen LogP contribution in [0.1, 0.15) is 20.8 Å². The van der Waals surface area contributed by atoms with Crippen molar-refractivity contribution in [3.63, 3.8) is 0 Å². The Morgan fingerprint density at radius 2 is 1.74 bits per heavy atom. The van der Waals surface area contributed by atoms with Gasteiger partial charge in [-0.1, -0.05) is 46.0 Å². The molecule has 2 fully saturated rings. The molecule has 4 nitrogen and oxygen atoms in total. The van der Waals surface area contributed by atoms with Crippen LogP contribution in [0.4, 0.5) is 0 Å². The van der Waals surface area contributed by atoms with Crippen molar-refractivity contribution in [2.24, 2.45) is 11.8 Å². The van der Waals surface area contributed by atoms with Gasteiger partial charge in [0.25, 0.3) is 0 Å². The molecule has 122 valence electrons. The number of terminal acetylenes is 1. The summed E-state index contributed by atoms with van der Waals surface area (Å²) in [5.74, 6) is 2.26. The molecule has 6 heteroatoms. The molecule has 2 amide bonds. The molecule has 0 aromatic rings. The number of likely N-dealkylation sites (tertiary alicyclic amines) is 1. The Labute approximate surface area is 140 Å². The lowest BCUT2D eigenvalue weighted by Gasteiger charge is -2.58. The smallest absolute Gasteiger partial charge is 0.312 e. The molecule has 0 N–H and O–H groups in total. The molecule has 4 atom stereocenters. The molecule has 1 aliphatic carbocycles. The van der Waals surface area contributed by atoms with Gasteiger partial charge in [0.05, 0.1) is 11.8 Å². The van der Waals surface area contributed by atoms with E-state index in [0.717, 1.165) is 0 Å². The largest absolute Gasteiger partial charge is 0.346 e. The normalized spacial score (nSPS) is 34.1. The van der Waals surface area contributed by atoms with Crippen LogP contribution in [0.25, 0.3) is 0 Å². The predicted octanol–water partition coefficient (Wildman–Crippen LogP) is 2.01. The van der Waals surface area contributed by atoms with Gasteiger partial charge in [-0.15, -0.1) is 12.2 Å². The summed E-state index contributed by atoms with van der Waals surface area (Å²) in [5, 5.41) is 0.125. The van der Waals surface area contributed by atoms with Crippen LogP contribution in [-0.4, -0.2) is 49.4 Å². The van der Waals surface area contributed by atoms with Crippen molar-refractivity contribution in [1.29, 1.82) is 0 Å². The molecule has 4 aliphatic rings. The molecule has 4 rings (SSSR count). The van der Waals surface area contributed by atoms with Gasteiger partial charge in [0.15, 0.2) is 0 Å². The SMILES string of the molecule is C#CB1C2C=CC(C3C(=O)N(C)C(=O)C23)N1[Si](C)(C)C(C)(C)C. The molecule has 2 bridgehead atoms. The average Bonchev–Trinajstić information content (AvgIpc) is 2.72. The molecule has 2 saturated heterocycles. The van der Waals surface area contributed by atoms with Gasteiger partial charge in [-0.3, -0.25) is 14.5 Å². The van der Waals surface area contributed by atoms with E-state index in [9.17, 15) is 9.59 Å². The molecule has 4 unspecified atom stereocenters. The monoisotopic (exact) mass is 328 g/mol. The lowest BCUT2D eigenvalue weighted by Crippen LogP contribution is -2.71. The molecule has 0 radical (unpaired) electrons. The molecular formula is C17H25BN2O2Si. The van der Waals surface area contributed by atoms with Crippen LogP contribution in [0.2, 0.25) is 23.9 Å². The maximum atomic E-state index is 12.7. The topological polar surface area (TPSA) is 40.6 Å². The van der Waals surface area contributed by atoms with Gasteiger partial charge in [0, 0.05) is 13.1 Å². The lowest BCUT2D eigenvalue weighted by atomic mass is 9.41. The van der Waals surface area contributed by atoms with Crippen LogP contribution >= 0.6 is 0 Å². The Hall–Kier alpha value is -1.32. The maximum absolute atomic E-state index is 12.7. The predicted molar refractivity (Wildman–Crippen MR) is 95.1 cm³/mol. The number of fused-ring (bicyclic) bond motifs is 1. The molecule has 3 heterocycles. The van der Waals surface area contributed by atoms with Gasteiger partial charge >= 0.3 is 6.85 Å². The van der Waals surface area contributed by atoms with Gasteiger partial charge in [-0.05, 0) is 10.9 Å². The third-order valence-corrected chi connectivity index (χ3v) is 12.1. The highest BCUT2D eigenvalue weighted by molar-refractivity contribution is 6.89. The van der Waals surface area contributed by atoms with Crippen LogP contribution in [-0.2, 0) is 9.59 Å². The van der Waals surface area contributed by atoms with E-state index < -0.39 is 8.24 Å². The molecule has 0 spiro atoms. The highest BCUT2D eigenvalue weighted by Crippen LogP contribution is 2.53. The Bertz CT molecular complexity index is 646. The number of rotatable bonds is 1. The van der Waals surface area contributed by atoms with Crippen LogP contribution in [0, 0.1) is 24.1 Å². The minimum atomic E-state index is -1.92. The van der Waals surface area contributed by atoms with E-state index in [4.69, 9.17) is 6.42 Å². The third-order valence-electron chi connectivity index (χ3n) is 6.57. The fraction of sp³-hybridized carbons (Fsp3) is 0.647. The molecule has 23 heavy (non-hydrogen) atoms. The number of imide groups is 1. The molecule has 0 aromatic heterocycles. The van der Waals surface area contributed by atoms with E-state index in [1.807, 2.05) is 0 Å². The number of amides is 2. The first kappa shape index (κ1) is 16.5. The second-order valence-corrected chi connectivity index (χ2v) is 13.7. The fourth-order valence-electron chi connectivity index (χ4n) is 4.34. The van der Waals surface area contributed by atoms with E-state index in [1.54, 1.807) is 7.05 Å². The first-order valence-electron chi connectivity index (χ1n) is 8.28. The third kappa shape index (κ3) is 1.96. The standard InChI is InChI=1S/C17H25BN2O2Si/c1-8-18-11-9-10-12(20(18)23(6,7)17(2,3)4)14-13(11)15(21)19(5)16(14)22/h1,9-14H,2-7H3. The first-order valence-corrected chi connectivity index (χ1v) is 11.2. The number of nitrogens with zero attached hydrogens (tertiary/aromatic N) is 2. The van der Waals surface area contributed by atoms with Gasteiger partial charge in [-0.25, -0.2) is 0 Å². The van der Waals surface area contributed by atoms with E-state index in [2.05, 4.69) is 56.3 Å². The number of hydrogen-bond donors (Lipinski definition) is 0. The Morgan fingerprint density at radius 3 is 2.26 bits per heavy atom. The van der Waals surface area contributed by atoms with Crippen molar-refractivity contribution in [3.05, 3.63) is 12.2 Å². The summed E-state index contributed by atoms with van der Waals surface area (Å²) in [7, 11) is -0.317. The number of hydrogen-bond acceptors (Lipinski definition) is 3. The van der Waals surface area contributed by atoms with E-state index in [-0.39, 0.29) is 47.4 Å². The minimum Gasteiger partial charge on any atom is -0.346 e. The molecule has 3 aliphatic heterocycles. The van der Waals surface area contributed by atoms with Crippen molar-refractivity contribution < 1.29 is 9.59 Å². The summed E-state index contributed by atoms with van der Waals surface area (Å²) in [6.45, 7) is 11.3. The molecular weight excluding hydrogens is 303 g/mol. The van der Waals surface area contributed by atoms with Crippen LogP contribution in [0.5, 0.6) is 0 Å². The first-order chi connectivity index (χ1) is 10.5. The fourth-order valence-corrected chi connectivity index (χ4v) is 7.05. The number of allylic oxidation sites excluding steroid dienone is 1. The zero-order valence-corrected chi connectivity index (χ0v) is 15.8. The molecule has 0 aromatic carbocycles. The van der Waals surface area contributed by atoms with Crippen molar-refractivity contribution in [3.8, 4) is 12.2 Å². The van der Waals surface area contributed by atoms with E-state index in [1.165, 1.54) is 4.90 Å². The van der Waals surface area contributed by atoms with Crippen LogP contribution in [0.15, 0.2) is 12.2 Å². The van der Waals surface area contributed by atoms with Gasteiger partial charge in [0.1, 0.15) is 8.24 Å². The highest BCUT2D eigenvalue weighted by Gasteiger charge is 2.65. The van der Waals surface area contributed by atoms with Crippen molar-refractivity contribution in [2.45, 2.75) is 50.8 Å². The Balaban J connectivity index is 2.12.